The van der Waals surface area contributed by atoms with Crippen LogP contribution in [-0.2, 0) is 11.3 Å². The molecule has 0 bridgehead atoms. The van der Waals surface area contributed by atoms with E-state index in [1.165, 1.54) is 0 Å². The molecule has 0 atom stereocenters. The number of halogens is 3. The van der Waals surface area contributed by atoms with Crippen LogP contribution in [0.3, 0.4) is 0 Å². The van der Waals surface area contributed by atoms with E-state index in [9.17, 15) is 13.2 Å². The lowest BCUT2D eigenvalue weighted by atomic mass is 10.1. The molecular formula is C14H20F3N3O. The van der Waals surface area contributed by atoms with Crippen molar-refractivity contribution >= 4 is 5.84 Å². The third-order valence-corrected chi connectivity index (χ3v) is 2.78. The van der Waals surface area contributed by atoms with Crippen LogP contribution in [0.2, 0.25) is 0 Å². The first-order valence-electron chi connectivity index (χ1n) is 6.54. The van der Waals surface area contributed by atoms with Crippen LogP contribution in [0.1, 0.15) is 17.5 Å². The second-order valence-electron chi connectivity index (χ2n) is 4.87. The molecule has 0 aliphatic carbocycles. The van der Waals surface area contributed by atoms with Gasteiger partial charge in [-0.3, -0.25) is 5.41 Å². The number of amidine groups is 1. The van der Waals surface area contributed by atoms with Gasteiger partial charge < -0.3 is 15.4 Å². The van der Waals surface area contributed by atoms with Gasteiger partial charge in [-0.2, -0.15) is 13.2 Å². The molecule has 0 unspecified atom stereocenters. The first kappa shape index (κ1) is 17.5. The van der Waals surface area contributed by atoms with Crippen LogP contribution in [0.25, 0.3) is 0 Å². The molecule has 0 saturated carbocycles. The maximum Gasteiger partial charge on any atom is 0.411 e. The maximum absolute atomic E-state index is 11.9. The molecule has 21 heavy (non-hydrogen) atoms. The zero-order valence-electron chi connectivity index (χ0n) is 11.9. The fraction of sp³-hybridized carbons (Fsp3) is 0.500. The van der Waals surface area contributed by atoms with Gasteiger partial charge in [0, 0.05) is 25.3 Å². The Labute approximate surface area is 122 Å². The molecule has 1 rings (SSSR count). The zero-order chi connectivity index (χ0) is 15.9. The fourth-order valence-electron chi connectivity index (χ4n) is 1.85. The van der Waals surface area contributed by atoms with Crippen molar-refractivity contribution in [3.8, 4) is 0 Å². The number of rotatable bonds is 8. The van der Waals surface area contributed by atoms with Crippen molar-refractivity contribution in [1.29, 1.82) is 5.41 Å². The molecule has 1 aromatic carbocycles. The van der Waals surface area contributed by atoms with Gasteiger partial charge in [-0.05, 0) is 25.1 Å². The summed E-state index contributed by atoms with van der Waals surface area (Å²) in [6.07, 6.45) is -3.74. The molecule has 0 aliphatic rings. The molecule has 0 fully saturated rings. The standard InChI is InChI=1S/C14H20F3N3O/c1-20(6-3-7-21-10-14(15,16)17)9-11-4-2-5-12(8-11)13(18)19/h2,4-5,8H,3,6-7,9-10H2,1H3,(H3,18,19). The van der Waals surface area contributed by atoms with E-state index in [0.29, 0.717) is 25.1 Å². The van der Waals surface area contributed by atoms with Gasteiger partial charge in [0.15, 0.2) is 0 Å². The van der Waals surface area contributed by atoms with E-state index in [0.717, 1.165) is 5.56 Å². The van der Waals surface area contributed by atoms with Gasteiger partial charge >= 0.3 is 6.18 Å². The molecule has 1 aromatic rings. The highest BCUT2D eigenvalue weighted by molar-refractivity contribution is 5.95. The molecule has 118 valence electrons. The van der Waals surface area contributed by atoms with Crippen LogP contribution in [0, 0.1) is 5.41 Å². The predicted molar refractivity (Wildman–Crippen MR) is 75.3 cm³/mol. The SMILES string of the molecule is CN(CCCOCC(F)(F)F)Cc1cccc(C(=N)N)c1. The van der Waals surface area contributed by atoms with Gasteiger partial charge in [0.1, 0.15) is 12.4 Å². The second-order valence-corrected chi connectivity index (χ2v) is 4.87. The average Bonchev–Trinajstić information content (AvgIpc) is 2.37. The van der Waals surface area contributed by atoms with E-state index in [1.807, 2.05) is 30.1 Å². The Morgan fingerprint density at radius 2 is 2.10 bits per heavy atom. The average molecular weight is 303 g/mol. The molecule has 0 heterocycles. The quantitative estimate of drug-likeness (QED) is 0.440. The van der Waals surface area contributed by atoms with Gasteiger partial charge in [0.05, 0.1) is 0 Å². The highest BCUT2D eigenvalue weighted by Crippen LogP contribution is 2.14. The summed E-state index contributed by atoms with van der Waals surface area (Å²) in [6, 6.07) is 7.34. The van der Waals surface area contributed by atoms with E-state index < -0.39 is 12.8 Å². The first-order chi connectivity index (χ1) is 9.78. The Morgan fingerprint density at radius 3 is 2.71 bits per heavy atom. The largest absolute Gasteiger partial charge is 0.411 e. The Bertz CT molecular complexity index is 463. The molecular weight excluding hydrogens is 283 g/mol. The Balaban J connectivity index is 2.29. The molecule has 0 aromatic heterocycles. The van der Waals surface area contributed by atoms with E-state index in [-0.39, 0.29) is 12.4 Å². The third kappa shape index (κ3) is 7.67. The number of benzene rings is 1. The summed E-state index contributed by atoms with van der Waals surface area (Å²) in [5.74, 6) is 0.0139. The van der Waals surface area contributed by atoms with E-state index in [1.54, 1.807) is 6.07 Å². The minimum absolute atomic E-state index is 0.0139. The minimum atomic E-state index is -4.26. The number of hydrogen-bond donors (Lipinski definition) is 2. The van der Waals surface area contributed by atoms with Crippen LogP contribution in [0.5, 0.6) is 0 Å². The molecule has 7 heteroatoms. The van der Waals surface area contributed by atoms with Crippen LogP contribution < -0.4 is 5.73 Å². The van der Waals surface area contributed by atoms with Crippen molar-refractivity contribution in [2.45, 2.75) is 19.1 Å². The fourth-order valence-corrected chi connectivity index (χ4v) is 1.85. The predicted octanol–water partition coefficient (Wildman–Crippen LogP) is 2.37. The lowest BCUT2D eigenvalue weighted by Gasteiger charge is -2.17. The van der Waals surface area contributed by atoms with Gasteiger partial charge in [0.25, 0.3) is 0 Å². The molecule has 4 nitrogen and oxygen atoms in total. The summed E-state index contributed by atoms with van der Waals surface area (Å²) < 4.78 is 40.2. The van der Waals surface area contributed by atoms with Crippen molar-refractivity contribution in [3.63, 3.8) is 0 Å². The smallest absolute Gasteiger partial charge is 0.384 e. The summed E-state index contributed by atoms with van der Waals surface area (Å²) in [5.41, 5.74) is 7.09. The lowest BCUT2D eigenvalue weighted by molar-refractivity contribution is -0.174. The number of alkyl halides is 3. The molecule has 3 N–H and O–H groups in total. The zero-order valence-corrected chi connectivity index (χ0v) is 11.9. The number of hydrogen-bond acceptors (Lipinski definition) is 3. The van der Waals surface area contributed by atoms with Gasteiger partial charge in [-0.1, -0.05) is 18.2 Å². The first-order valence-corrected chi connectivity index (χ1v) is 6.54. The van der Waals surface area contributed by atoms with Crippen LogP contribution in [0.4, 0.5) is 13.2 Å². The number of nitrogens with one attached hydrogen (secondary N) is 1. The summed E-state index contributed by atoms with van der Waals surface area (Å²) in [4.78, 5) is 1.98. The molecule has 0 amide bonds. The Morgan fingerprint density at radius 1 is 1.38 bits per heavy atom. The van der Waals surface area contributed by atoms with E-state index in [4.69, 9.17) is 11.1 Å². The lowest BCUT2D eigenvalue weighted by Crippen LogP contribution is -2.22. The van der Waals surface area contributed by atoms with Gasteiger partial charge in [0.2, 0.25) is 0 Å². The van der Waals surface area contributed by atoms with Crippen molar-refractivity contribution in [3.05, 3.63) is 35.4 Å². The van der Waals surface area contributed by atoms with E-state index >= 15 is 0 Å². The Hall–Kier alpha value is -1.60. The van der Waals surface area contributed by atoms with Crippen LogP contribution in [-0.4, -0.2) is 43.7 Å². The number of ether oxygens (including phenoxy) is 1. The highest BCUT2D eigenvalue weighted by atomic mass is 19.4. The topological polar surface area (TPSA) is 62.3 Å². The number of nitrogen functional groups attached to an aromatic ring is 1. The second kappa shape index (κ2) is 7.99. The molecule has 0 radical (unpaired) electrons. The number of nitrogens with two attached hydrogens (primary N) is 1. The Kier molecular flexibility index (Phi) is 6.64. The minimum Gasteiger partial charge on any atom is -0.384 e. The monoisotopic (exact) mass is 303 g/mol. The van der Waals surface area contributed by atoms with Crippen LogP contribution in [0.15, 0.2) is 24.3 Å². The van der Waals surface area contributed by atoms with Gasteiger partial charge in [-0.15, -0.1) is 0 Å². The van der Waals surface area contributed by atoms with Crippen molar-refractivity contribution in [2.24, 2.45) is 5.73 Å². The molecule has 0 aliphatic heterocycles. The van der Waals surface area contributed by atoms with Gasteiger partial charge in [-0.25, -0.2) is 0 Å². The van der Waals surface area contributed by atoms with E-state index in [2.05, 4.69) is 4.74 Å². The van der Waals surface area contributed by atoms with Crippen molar-refractivity contribution < 1.29 is 17.9 Å². The maximum atomic E-state index is 11.9. The highest BCUT2D eigenvalue weighted by Gasteiger charge is 2.27. The summed E-state index contributed by atoms with van der Waals surface area (Å²) >= 11 is 0. The molecule has 0 spiro atoms. The van der Waals surface area contributed by atoms with Crippen molar-refractivity contribution in [1.82, 2.24) is 4.90 Å². The van der Waals surface area contributed by atoms with Crippen molar-refractivity contribution in [2.75, 3.05) is 26.8 Å². The summed E-state index contributed by atoms with van der Waals surface area (Å²) in [6.45, 7) is 0.150. The third-order valence-electron chi connectivity index (χ3n) is 2.78. The summed E-state index contributed by atoms with van der Waals surface area (Å²) in [7, 11) is 1.88. The number of nitrogens with zero attached hydrogens (tertiary/aromatic N) is 1. The molecule has 0 saturated heterocycles. The normalized spacial score (nSPS) is 11.9. The summed E-state index contributed by atoms with van der Waals surface area (Å²) in [5, 5.41) is 7.38. The van der Waals surface area contributed by atoms with Crippen LogP contribution >= 0.6 is 0 Å².